The van der Waals surface area contributed by atoms with Gasteiger partial charge in [0.1, 0.15) is 17.5 Å². The fourth-order valence-corrected chi connectivity index (χ4v) is 4.63. The molecule has 0 fully saturated rings. The average molecular weight is 539 g/mol. The Morgan fingerprint density at radius 1 is 0.892 bits per heavy atom. The summed E-state index contributed by atoms with van der Waals surface area (Å²) in [6, 6.07) is 18.8. The number of hydrogen-bond donors (Lipinski definition) is 1. The van der Waals surface area contributed by atoms with Gasteiger partial charge in [0.05, 0.1) is 53.7 Å². The topological polar surface area (TPSA) is 86.8 Å². The van der Waals surface area contributed by atoms with E-state index in [1.807, 2.05) is 48.5 Å². The molecule has 7 nitrogen and oxygen atoms in total. The summed E-state index contributed by atoms with van der Waals surface area (Å²) in [5.41, 5.74) is 3.10. The molecule has 1 N–H and O–H groups in total. The number of amides is 1. The lowest BCUT2D eigenvalue weighted by molar-refractivity contribution is -0.142. The van der Waals surface area contributed by atoms with Crippen LogP contribution in [0.3, 0.4) is 0 Å². The highest BCUT2D eigenvalue weighted by Gasteiger charge is 2.25. The Balaban J connectivity index is 1.62. The number of nitrogens with one attached hydrogen (secondary N) is 1. The van der Waals surface area contributed by atoms with Crippen molar-refractivity contribution in [3.8, 4) is 22.8 Å². The van der Waals surface area contributed by atoms with E-state index in [1.165, 1.54) is 7.11 Å². The van der Waals surface area contributed by atoms with Crippen LogP contribution in [-0.2, 0) is 16.0 Å². The Kier molecular flexibility index (Phi) is 8.16. The van der Waals surface area contributed by atoms with E-state index < -0.39 is 17.9 Å². The first-order chi connectivity index (χ1) is 17.9. The molecule has 0 unspecified atom stereocenters. The second-order valence-electron chi connectivity index (χ2n) is 8.11. The van der Waals surface area contributed by atoms with Gasteiger partial charge in [-0.2, -0.15) is 0 Å². The van der Waals surface area contributed by atoms with E-state index in [-0.39, 0.29) is 22.0 Å². The van der Waals surface area contributed by atoms with Crippen molar-refractivity contribution in [1.82, 2.24) is 10.3 Å². The lowest BCUT2D eigenvalue weighted by atomic mass is 10.0. The zero-order valence-electron chi connectivity index (χ0n) is 20.4. The zero-order chi connectivity index (χ0) is 26.5. The Hall–Kier alpha value is -3.81. The largest absolute Gasteiger partial charge is 0.496 e. The highest BCUT2D eigenvalue weighted by Crippen LogP contribution is 2.37. The van der Waals surface area contributed by atoms with Gasteiger partial charge in [-0.05, 0) is 48.0 Å². The number of pyridine rings is 1. The molecule has 0 spiro atoms. The number of methoxy groups -OCH3 is 3. The smallest absolute Gasteiger partial charge is 0.328 e. The zero-order valence-corrected chi connectivity index (χ0v) is 21.9. The molecular formula is C28H24Cl2N2O5. The summed E-state index contributed by atoms with van der Waals surface area (Å²) in [5.74, 6) is 0.147. The number of nitrogens with zero attached hydrogens (tertiary/aromatic N) is 1. The molecule has 0 aliphatic carbocycles. The van der Waals surface area contributed by atoms with E-state index in [0.29, 0.717) is 17.2 Å². The molecule has 3 aromatic carbocycles. The fourth-order valence-electron chi connectivity index (χ4n) is 4.06. The first kappa shape index (κ1) is 26.3. The van der Waals surface area contributed by atoms with Crippen molar-refractivity contribution in [2.45, 2.75) is 12.5 Å². The van der Waals surface area contributed by atoms with Gasteiger partial charge < -0.3 is 19.5 Å². The third kappa shape index (κ3) is 5.63. The summed E-state index contributed by atoms with van der Waals surface area (Å²) in [5, 5.41) is 3.93. The first-order valence-electron chi connectivity index (χ1n) is 11.3. The fraction of sp³-hybridized carbons (Fsp3) is 0.179. The molecule has 1 heterocycles. The van der Waals surface area contributed by atoms with Crippen molar-refractivity contribution < 1.29 is 23.8 Å². The maximum Gasteiger partial charge on any atom is 0.328 e. The number of carbonyl (C=O) groups excluding carboxylic acids is 2. The Morgan fingerprint density at radius 2 is 1.54 bits per heavy atom. The minimum Gasteiger partial charge on any atom is -0.496 e. The highest BCUT2D eigenvalue weighted by molar-refractivity contribution is 6.39. The minimum atomic E-state index is -0.952. The van der Waals surface area contributed by atoms with E-state index >= 15 is 0 Å². The molecule has 1 atom stereocenters. The molecule has 0 saturated carbocycles. The molecule has 0 bridgehead atoms. The second-order valence-corrected chi connectivity index (χ2v) is 8.93. The minimum absolute atomic E-state index is 0.0988. The van der Waals surface area contributed by atoms with Gasteiger partial charge in [0.15, 0.2) is 0 Å². The quantitative estimate of drug-likeness (QED) is 0.288. The van der Waals surface area contributed by atoms with Gasteiger partial charge in [-0.25, -0.2) is 9.78 Å². The Bertz CT molecular complexity index is 1430. The first-order valence-corrected chi connectivity index (χ1v) is 12.1. The van der Waals surface area contributed by atoms with Gasteiger partial charge in [0.25, 0.3) is 5.91 Å². The molecule has 37 heavy (non-hydrogen) atoms. The van der Waals surface area contributed by atoms with Crippen LogP contribution < -0.4 is 14.8 Å². The number of fused-ring (bicyclic) bond motifs is 1. The molecule has 1 amide bonds. The molecule has 9 heteroatoms. The van der Waals surface area contributed by atoms with Gasteiger partial charge >= 0.3 is 5.97 Å². The summed E-state index contributed by atoms with van der Waals surface area (Å²) < 4.78 is 15.9. The number of carbonyl (C=O) groups is 2. The summed E-state index contributed by atoms with van der Waals surface area (Å²) in [6.45, 7) is 0. The number of halogens is 2. The summed E-state index contributed by atoms with van der Waals surface area (Å²) in [6.07, 6.45) is 0.193. The molecule has 4 aromatic rings. The van der Waals surface area contributed by atoms with E-state index in [1.54, 1.807) is 32.4 Å². The summed E-state index contributed by atoms with van der Waals surface area (Å²) in [4.78, 5) is 30.2. The van der Waals surface area contributed by atoms with Gasteiger partial charge in [0.2, 0.25) is 0 Å². The summed E-state index contributed by atoms with van der Waals surface area (Å²) in [7, 11) is 4.46. The van der Waals surface area contributed by atoms with Crippen LogP contribution in [0.4, 0.5) is 0 Å². The van der Waals surface area contributed by atoms with Crippen molar-refractivity contribution >= 4 is 46.0 Å². The normalized spacial score (nSPS) is 11.6. The van der Waals surface area contributed by atoms with Crippen LogP contribution in [0.15, 0.2) is 66.7 Å². The molecular weight excluding hydrogens is 515 g/mol. The van der Waals surface area contributed by atoms with E-state index in [0.717, 1.165) is 22.0 Å². The van der Waals surface area contributed by atoms with E-state index in [4.69, 9.17) is 42.4 Å². The molecule has 1 aromatic heterocycles. The second kappa shape index (κ2) is 11.5. The van der Waals surface area contributed by atoms with Crippen molar-refractivity contribution in [3.05, 3.63) is 87.9 Å². The van der Waals surface area contributed by atoms with Crippen LogP contribution in [0.2, 0.25) is 10.0 Å². The van der Waals surface area contributed by atoms with Crippen LogP contribution in [0, 0.1) is 0 Å². The maximum atomic E-state index is 12.9. The lowest BCUT2D eigenvalue weighted by Crippen LogP contribution is -2.43. The van der Waals surface area contributed by atoms with E-state index in [2.05, 4.69) is 5.32 Å². The Labute approximate surface area is 224 Å². The third-order valence-corrected chi connectivity index (χ3v) is 6.49. The van der Waals surface area contributed by atoms with Gasteiger partial charge in [-0.3, -0.25) is 4.79 Å². The monoisotopic (exact) mass is 538 g/mol. The molecule has 0 radical (unpaired) electrons. The van der Waals surface area contributed by atoms with Crippen LogP contribution in [0.25, 0.3) is 22.2 Å². The van der Waals surface area contributed by atoms with Crippen molar-refractivity contribution in [2.24, 2.45) is 0 Å². The van der Waals surface area contributed by atoms with Crippen LogP contribution in [0.1, 0.15) is 15.9 Å². The van der Waals surface area contributed by atoms with Crippen molar-refractivity contribution in [1.29, 1.82) is 0 Å². The third-order valence-electron chi connectivity index (χ3n) is 5.86. The Morgan fingerprint density at radius 3 is 2.16 bits per heavy atom. The molecule has 0 aliphatic heterocycles. The number of benzene rings is 3. The molecule has 4 rings (SSSR count). The number of aromatic nitrogens is 1. The highest BCUT2D eigenvalue weighted by atomic mass is 35.5. The molecule has 0 aliphatic rings. The molecule has 0 saturated heterocycles. The van der Waals surface area contributed by atoms with Crippen molar-refractivity contribution in [2.75, 3.05) is 21.3 Å². The predicted octanol–water partition coefficient (Wildman–Crippen LogP) is 5.74. The van der Waals surface area contributed by atoms with Crippen LogP contribution in [-0.4, -0.2) is 44.2 Å². The number of ether oxygens (including phenoxy) is 3. The maximum absolute atomic E-state index is 12.9. The summed E-state index contributed by atoms with van der Waals surface area (Å²) >= 11 is 12.3. The van der Waals surface area contributed by atoms with Crippen LogP contribution >= 0.6 is 23.2 Å². The van der Waals surface area contributed by atoms with E-state index in [9.17, 15) is 9.59 Å². The number of esters is 1. The SMILES string of the molecule is COC(=O)[C@H](Cc1ccc2nc(-c3c(OC)cccc3OC)ccc2c1)NC(=O)c1c(Cl)cccc1Cl. The van der Waals surface area contributed by atoms with Crippen LogP contribution in [0.5, 0.6) is 11.5 Å². The van der Waals surface area contributed by atoms with Gasteiger partial charge in [-0.1, -0.05) is 47.5 Å². The van der Waals surface area contributed by atoms with Crippen molar-refractivity contribution in [3.63, 3.8) is 0 Å². The predicted molar refractivity (Wildman–Crippen MR) is 144 cm³/mol. The standard InChI is InChI=1S/C28H24Cl2N2O5/c1-35-23-8-5-9-24(36-2)26(23)21-13-11-17-14-16(10-12-20(17)31-21)15-22(28(34)37-3)32-27(33)25-18(29)6-4-7-19(25)30/h4-14,22H,15H2,1-3H3,(H,32,33)/t22-/m0/s1. The lowest BCUT2D eigenvalue weighted by Gasteiger charge is -2.18. The van der Waals surface area contributed by atoms with Gasteiger partial charge in [-0.15, -0.1) is 0 Å². The molecule has 190 valence electrons. The number of hydrogen-bond acceptors (Lipinski definition) is 6. The average Bonchev–Trinajstić information content (AvgIpc) is 2.91. The number of rotatable bonds is 8. The van der Waals surface area contributed by atoms with Gasteiger partial charge in [0, 0.05) is 11.8 Å².